The van der Waals surface area contributed by atoms with Gasteiger partial charge in [-0.05, 0) is 19.8 Å². The average molecular weight is 197 g/mol. The van der Waals surface area contributed by atoms with Crippen LogP contribution in [-0.4, -0.2) is 18.1 Å². The molecule has 4 heteroatoms. The van der Waals surface area contributed by atoms with Crippen molar-refractivity contribution >= 4 is 16.5 Å². The van der Waals surface area contributed by atoms with Crippen molar-refractivity contribution in [2.75, 3.05) is 18.0 Å². The summed E-state index contributed by atoms with van der Waals surface area (Å²) in [6, 6.07) is 0.0626. The molecule has 0 aliphatic carbocycles. The van der Waals surface area contributed by atoms with E-state index in [0.29, 0.717) is 0 Å². The van der Waals surface area contributed by atoms with Gasteiger partial charge in [0.05, 0.1) is 5.69 Å². The van der Waals surface area contributed by atoms with E-state index in [1.54, 1.807) is 11.3 Å². The first-order valence-electron chi connectivity index (χ1n) is 4.73. The molecule has 1 fully saturated rings. The van der Waals surface area contributed by atoms with Crippen LogP contribution in [0.2, 0.25) is 0 Å². The zero-order valence-corrected chi connectivity index (χ0v) is 8.68. The Morgan fingerprint density at radius 3 is 2.77 bits per heavy atom. The zero-order valence-electron chi connectivity index (χ0n) is 7.86. The maximum Gasteiger partial charge on any atom is 0.185 e. The van der Waals surface area contributed by atoms with Gasteiger partial charge < -0.3 is 10.6 Å². The van der Waals surface area contributed by atoms with Gasteiger partial charge in [0.2, 0.25) is 0 Å². The van der Waals surface area contributed by atoms with E-state index in [1.165, 1.54) is 12.8 Å². The molecule has 0 spiro atoms. The molecule has 1 aliphatic rings. The van der Waals surface area contributed by atoms with Crippen molar-refractivity contribution < 1.29 is 0 Å². The third-order valence-corrected chi connectivity index (χ3v) is 3.27. The molecule has 2 rings (SSSR count). The Balaban J connectivity index is 2.12. The monoisotopic (exact) mass is 197 g/mol. The number of nitrogens with zero attached hydrogens (tertiary/aromatic N) is 2. The molecule has 0 saturated carbocycles. The molecule has 1 aromatic heterocycles. The molecule has 0 amide bonds. The molecule has 0 aromatic carbocycles. The van der Waals surface area contributed by atoms with E-state index in [1.807, 2.05) is 6.92 Å². The third-order valence-electron chi connectivity index (χ3n) is 2.35. The minimum Gasteiger partial charge on any atom is -0.348 e. The van der Waals surface area contributed by atoms with Crippen LogP contribution in [-0.2, 0) is 0 Å². The number of aromatic nitrogens is 1. The van der Waals surface area contributed by atoms with Gasteiger partial charge in [0.25, 0.3) is 0 Å². The molecule has 13 heavy (non-hydrogen) atoms. The number of anilines is 1. The standard InChI is InChI=1S/C9H15N3S/c1-7(10)8-6-13-9(11-8)12-4-2-3-5-12/h6-7H,2-5,10H2,1H3/t7-/m0/s1. The fraction of sp³-hybridized carbons (Fsp3) is 0.667. The third kappa shape index (κ3) is 1.84. The van der Waals surface area contributed by atoms with Crippen molar-refractivity contribution in [1.29, 1.82) is 0 Å². The second kappa shape index (κ2) is 3.64. The van der Waals surface area contributed by atoms with Crippen LogP contribution in [0, 0.1) is 0 Å². The van der Waals surface area contributed by atoms with Gasteiger partial charge >= 0.3 is 0 Å². The molecule has 0 unspecified atom stereocenters. The molecular formula is C9H15N3S. The number of thiazole rings is 1. The van der Waals surface area contributed by atoms with E-state index in [2.05, 4.69) is 15.3 Å². The van der Waals surface area contributed by atoms with E-state index in [9.17, 15) is 0 Å². The maximum absolute atomic E-state index is 5.75. The number of hydrogen-bond acceptors (Lipinski definition) is 4. The molecule has 2 heterocycles. The van der Waals surface area contributed by atoms with Crippen LogP contribution in [0.3, 0.4) is 0 Å². The van der Waals surface area contributed by atoms with E-state index < -0.39 is 0 Å². The normalized spacial score (nSPS) is 19.4. The molecule has 2 N–H and O–H groups in total. The highest BCUT2D eigenvalue weighted by atomic mass is 32.1. The van der Waals surface area contributed by atoms with E-state index in [-0.39, 0.29) is 6.04 Å². The molecule has 3 nitrogen and oxygen atoms in total. The van der Waals surface area contributed by atoms with E-state index in [4.69, 9.17) is 5.73 Å². The van der Waals surface area contributed by atoms with E-state index in [0.717, 1.165) is 23.9 Å². The van der Waals surface area contributed by atoms with Gasteiger partial charge in [-0.25, -0.2) is 4.98 Å². The molecule has 1 aromatic rings. The number of hydrogen-bond donors (Lipinski definition) is 1. The van der Waals surface area contributed by atoms with Gasteiger partial charge in [-0.2, -0.15) is 0 Å². The molecule has 1 aliphatic heterocycles. The van der Waals surface area contributed by atoms with Crippen molar-refractivity contribution in [2.45, 2.75) is 25.8 Å². The summed E-state index contributed by atoms with van der Waals surface area (Å²) in [5.74, 6) is 0. The minimum absolute atomic E-state index is 0.0626. The van der Waals surface area contributed by atoms with E-state index >= 15 is 0 Å². The Labute approximate surface area is 82.6 Å². The summed E-state index contributed by atoms with van der Waals surface area (Å²) in [7, 11) is 0. The van der Waals surface area contributed by atoms with Crippen LogP contribution in [0.15, 0.2) is 5.38 Å². The van der Waals surface area contributed by atoms with Gasteiger partial charge in [0.1, 0.15) is 0 Å². The highest BCUT2D eigenvalue weighted by molar-refractivity contribution is 7.13. The van der Waals surface area contributed by atoms with Gasteiger partial charge in [0.15, 0.2) is 5.13 Å². The predicted molar refractivity (Wildman–Crippen MR) is 56.2 cm³/mol. The quantitative estimate of drug-likeness (QED) is 0.785. The lowest BCUT2D eigenvalue weighted by atomic mass is 10.3. The fourth-order valence-electron chi connectivity index (χ4n) is 1.54. The van der Waals surface area contributed by atoms with Crippen LogP contribution in [0.1, 0.15) is 31.5 Å². The van der Waals surface area contributed by atoms with Crippen LogP contribution in [0.25, 0.3) is 0 Å². The van der Waals surface area contributed by atoms with Gasteiger partial charge in [-0.3, -0.25) is 0 Å². The first-order chi connectivity index (χ1) is 6.27. The smallest absolute Gasteiger partial charge is 0.185 e. The molecule has 1 saturated heterocycles. The lowest BCUT2D eigenvalue weighted by molar-refractivity contribution is 0.785. The maximum atomic E-state index is 5.75. The summed E-state index contributed by atoms with van der Waals surface area (Å²) in [6.07, 6.45) is 2.60. The van der Waals surface area contributed by atoms with Gasteiger partial charge in [0, 0.05) is 24.5 Å². The second-order valence-electron chi connectivity index (χ2n) is 3.54. The van der Waals surface area contributed by atoms with Gasteiger partial charge in [-0.15, -0.1) is 11.3 Å². The molecule has 72 valence electrons. The van der Waals surface area contributed by atoms with Crippen LogP contribution in [0.4, 0.5) is 5.13 Å². The summed E-state index contributed by atoms with van der Waals surface area (Å²) in [6.45, 7) is 4.29. The predicted octanol–water partition coefficient (Wildman–Crippen LogP) is 1.76. The van der Waals surface area contributed by atoms with Crippen molar-refractivity contribution in [3.05, 3.63) is 11.1 Å². The Morgan fingerprint density at radius 1 is 1.54 bits per heavy atom. The Hall–Kier alpha value is -0.610. The summed E-state index contributed by atoms with van der Waals surface area (Å²) in [5.41, 5.74) is 6.77. The topological polar surface area (TPSA) is 42.1 Å². The largest absolute Gasteiger partial charge is 0.348 e. The fourth-order valence-corrected chi connectivity index (χ4v) is 2.52. The Bertz CT molecular complexity index is 276. The Kier molecular flexibility index (Phi) is 2.51. The van der Waals surface area contributed by atoms with Crippen LogP contribution >= 0.6 is 11.3 Å². The minimum atomic E-state index is 0.0626. The zero-order chi connectivity index (χ0) is 9.26. The highest BCUT2D eigenvalue weighted by Crippen LogP contribution is 2.25. The lowest BCUT2D eigenvalue weighted by Crippen LogP contribution is -2.17. The molecule has 1 atom stereocenters. The summed E-state index contributed by atoms with van der Waals surface area (Å²) in [5, 5.41) is 3.21. The van der Waals surface area contributed by atoms with Gasteiger partial charge in [-0.1, -0.05) is 0 Å². The van der Waals surface area contributed by atoms with Crippen molar-refractivity contribution in [3.63, 3.8) is 0 Å². The molecular weight excluding hydrogens is 182 g/mol. The first-order valence-corrected chi connectivity index (χ1v) is 5.61. The average Bonchev–Trinajstić information content (AvgIpc) is 2.75. The number of nitrogens with two attached hydrogens (primary N) is 1. The highest BCUT2D eigenvalue weighted by Gasteiger charge is 2.16. The molecule has 0 radical (unpaired) electrons. The van der Waals surface area contributed by atoms with Crippen LogP contribution < -0.4 is 10.6 Å². The van der Waals surface area contributed by atoms with Crippen LogP contribution in [0.5, 0.6) is 0 Å². The summed E-state index contributed by atoms with van der Waals surface area (Å²) in [4.78, 5) is 6.86. The van der Waals surface area contributed by atoms with Crippen molar-refractivity contribution in [1.82, 2.24) is 4.98 Å². The second-order valence-corrected chi connectivity index (χ2v) is 4.37. The summed E-state index contributed by atoms with van der Waals surface area (Å²) >= 11 is 1.71. The van der Waals surface area contributed by atoms with Crippen molar-refractivity contribution in [3.8, 4) is 0 Å². The Morgan fingerprint density at radius 2 is 2.23 bits per heavy atom. The summed E-state index contributed by atoms with van der Waals surface area (Å²) < 4.78 is 0. The number of rotatable bonds is 2. The van der Waals surface area contributed by atoms with Crippen molar-refractivity contribution in [2.24, 2.45) is 5.73 Å². The molecule has 0 bridgehead atoms. The first kappa shape index (κ1) is 8.97. The SMILES string of the molecule is C[C@H](N)c1csc(N2CCCC2)n1. The lowest BCUT2D eigenvalue weighted by Gasteiger charge is -2.12.